The molecule has 0 spiro atoms. The number of benzene rings is 8. The fourth-order valence-electron chi connectivity index (χ4n) is 8.34. The van der Waals surface area contributed by atoms with Crippen molar-refractivity contribution in [3.63, 3.8) is 0 Å². The predicted octanol–water partition coefficient (Wildman–Crippen LogP) is 13.3. The lowest BCUT2D eigenvalue weighted by molar-refractivity contribution is 1.05. The Morgan fingerprint density at radius 2 is 0.786 bits per heavy atom. The molecule has 0 radical (unpaired) electrons. The van der Waals surface area contributed by atoms with Crippen LogP contribution in [0.25, 0.3) is 100 Å². The zero-order valence-corrected chi connectivity index (χ0v) is 30.4. The van der Waals surface area contributed by atoms with Crippen LogP contribution in [0.4, 0.5) is 0 Å². The van der Waals surface area contributed by atoms with Gasteiger partial charge in [0.1, 0.15) is 5.82 Å². The number of hydrogen-bond acceptors (Lipinski definition) is 2. The highest BCUT2D eigenvalue weighted by molar-refractivity contribution is 6.23. The van der Waals surface area contributed by atoms with Gasteiger partial charge in [0.15, 0.2) is 5.82 Å². The molecule has 0 fully saturated rings. The van der Waals surface area contributed by atoms with Gasteiger partial charge in [-0.15, -0.1) is 0 Å². The van der Waals surface area contributed by atoms with E-state index in [9.17, 15) is 0 Å². The van der Waals surface area contributed by atoms with E-state index in [1.54, 1.807) is 0 Å². The van der Waals surface area contributed by atoms with Crippen molar-refractivity contribution >= 4 is 43.6 Å². The molecule has 0 aliphatic rings. The predicted molar refractivity (Wildman–Crippen MR) is 232 cm³/mol. The van der Waals surface area contributed by atoms with Crippen LogP contribution in [0.15, 0.2) is 206 Å². The summed E-state index contributed by atoms with van der Waals surface area (Å²) in [6, 6.07) is 73.2. The van der Waals surface area contributed by atoms with Gasteiger partial charge in [-0.1, -0.05) is 176 Å². The monoisotopic (exact) mass is 714 g/mol. The Labute approximate surface area is 324 Å². The minimum absolute atomic E-state index is 0.680. The summed E-state index contributed by atoms with van der Waals surface area (Å²) >= 11 is 0. The van der Waals surface area contributed by atoms with Gasteiger partial charge in [-0.25, -0.2) is 9.97 Å². The summed E-state index contributed by atoms with van der Waals surface area (Å²) in [5.41, 5.74) is 13.2. The molecule has 4 nitrogen and oxygen atoms in total. The average Bonchev–Trinajstić information content (AvgIpc) is 3.80. The lowest BCUT2D eigenvalue weighted by Crippen LogP contribution is -2.04. The summed E-state index contributed by atoms with van der Waals surface area (Å²) in [5, 5.41) is 4.74. The number of fused-ring (bicyclic) bond motifs is 7. The first-order valence-corrected chi connectivity index (χ1v) is 19.0. The van der Waals surface area contributed by atoms with E-state index in [0.717, 1.165) is 50.4 Å². The van der Waals surface area contributed by atoms with Crippen molar-refractivity contribution in [3.8, 4) is 56.4 Å². The first-order chi connectivity index (χ1) is 27.8. The van der Waals surface area contributed by atoms with E-state index in [1.165, 1.54) is 43.8 Å². The van der Waals surface area contributed by atoms with Crippen LogP contribution >= 0.6 is 0 Å². The Morgan fingerprint density at radius 1 is 0.304 bits per heavy atom. The van der Waals surface area contributed by atoms with Crippen LogP contribution in [-0.4, -0.2) is 19.1 Å². The summed E-state index contributed by atoms with van der Waals surface area (Å²) in [4.78, 5) is 10.6. The van der Waals surface area contributed by atoms with Crippen molar-refractivity contribution in [1.82, 2.24) is 19.1 Å². The van der Waals surface area contributed by atoms with Gasteiger partial charge in [0.05, 0.1) is 27.8 Å². The third kappa shape index (κ3) is 5.23. The molecule has 0 amide bonds. The van der Waals surface area contributed by atoms with Crippen LogP contribution in [-0.2, 0) is 0 Å². The summed E-state index contributed by atoms with van der Waals surface area (Å²) in [6.45, 7) is 0. The van der Waals surface area contributed by atoms with Crippen molar-refractivity contribution in [2.75, 3.05) is 0 Å². The average molecular weight is 715 g/mol. The molecule has 56 heavy (non-hydrogen) atoms. The second kappa shape index (κ2) is 13.1. The minimum Gasteiger partial charge on any atom is -0.307 e. The maximum atomic E-state index is 5.40. The van der Waals surface area contributed by atoms with Crippen LogP contribution < -0.4 is 0 Å². The van der Waals surface area contributed by atoms with E-state index in [0.29, 0.717) is 5.82 Å². The number of nitrogens with zero attached hydrogens (tertiary/aromatic N) is 4. The molecule has 262 valence electrons. The highest BCUT2D eigenvalue weighted by atomic mass is 15.1. The standard InChI is InChI=1S/C52H34N4/c1-4-15-35(16-5-1)37-27-29-38(30-28-37)46-34-49(54-52(53-46)39-19-8-3-9-20-39)56-48-26-13-11-24-43(48)45-32-31-44-42-23-10-12-25-47(42)55(50(44)51(45)56)41-22-14-21-40(33-41)36-17-6-2-7-18-36/h1-34H. The molecule has 4 heteroatoms. The highest BCUT2D eigenvalue weighted by Crippen LogP contribution is 2.42. The summed E-state index contributed by atoms with van der Waals surface area (Å²) < 4.78 is 4.80. The topological polar surface area (TPSA) is 35.6 Å². The Bertz CT molecular complexity index is 3220. The lowest BCUT2D eigenvalue weighted by Gasteiger charge is -2.15. The summed E-state index contributed by atoms with van der Waals surface area (Å²) in [7, 11) is 0. The van der Waals surface area contributed by atoms with Crippen LogP contribution in [0.5, 0.6) is 0 Å². The molecule has 0 aliphatic carbocycles. The van der Waals surface area contributed by atoms with Crippen LogP contribution in [0.1, 0.15) is 0 Å². The Hall–Kier alpha value is -7.56. The number of aromatic nitrogens is 4. The molecule has 0 atom stereocenters. The van der Waals surface area contributed by atoms with Crippen LogP contribution in [0.2, 0.25) is 0 Å². The highest BCUT2D eigenvalue weighted by Gasteiger charge is 2.23. The normalized spacial score (nSPS) is 11.6. The maximum absolute atomic E-state index is 5.40. The van der Waals surface area contributed by atoms with Crippen molar-refractivity contribution in [1.29, 1.82) is 0 Å². The Kier molecular flexibility index (Phi) is 7.46. The van der Waals surface area contributed by atoms with Gasteiger partial charge in [0.25, 0.3) is 0 Å². The molecule has 0 saturated heterocycles. The molecule has 0 bridgehead atoms. The largest absolute Gasteiger partial charge is 0.307 e. The van der Waals surface area contributed by atoms with E-state index in [1.807, 2.05) is 18.2 Å². The van der Waals surface area contributed by atoms with E-state index < -0.39 is 0 Å². The molecule has 0 unspecified atom stereocenters. The van der Waals surface area contributed by atoms with E-state index >= 15 is 0 Å². The van der Waals surface area contributed by atoms with Crippen molar-refractivity contribution in [2.24, 2.45) is 0 Å². The quantitative estimate of drug-likeness (QED) is 0.172. The van der Waals surface area contributed by atoms with Crippen molar-refractivity contribution < 1.29 is 0 Å². The first kappa shape index (κ1) is 31.9. The fraction of sp³-hybridized carbons (Fsp3) is 0. The van der Waals surface area contributed by atoms with Crippen LogP contribution in [0.3, 0.4) is 0 Å². The van der Waals surface area contributed by atoms with E-state index in [-0.39, 0.29) is 0 Å². The molecule has 0 N–H and O–H groups in total. The van der Waals surface area contributed by atoms with Crippen LogP contribution in [0, 0.1) is 0 Å². The molecular weight excluding hydrogens is 681 g/mol. The maximum Gasteiger partial charge on any atom is 0.162 e. The van der Waals surface area contributed by atoms with Gasteiger partial charge in [-0.05, 0) is 46.5 Å². The second-order valence-electron chi connectivity index (χ2n) is 14.2. The third-order valence-corrected chi connectivity index (χ3v) is 10.9. The Morgan fingerprint density at radius 3 is 1.43 bits per heavy atom. The molecular formula is C52H34N4. The van der Waals surface area contributed by atoms with E-state index in [2.05, 4.69) is 197 Å². The smallest absolute Gasteiger partial charge is 0.162 e. The molecule has 8 aromatic carbocycles. The van der Waals surface area contributed by atoms with Gasteiger partial charge in [0, 0.05) is 44.4 Å². The third-order valence-electron chi connectivity index (χ3n) is 10.9. The summed E-state index contributed by atoms with van der Waals surface area (Å²) in [6.07, 6.45) is 0. The molecule has 0 aliphatic heterocycles. The minimum atomic E-state index is 0.680. The number of para-hydroxylation sites is 2. The zero-order valence-electron chi connectivity index (χ0n) is 30.4. The van der Waals surface area contributed by atoms with Gasteiger partial charge in [-0.3, -0.25) is 4.57 Å². The van der Waals surface area contributed by atoms with Gasteiger partial charge in [0.2, 0.25) is 0 Å². The van der Waals surface area contributed by atoms with E-state index in [4.69, 9.17) is 9.97 Å². The molecule has 11 aromatic rings. The summed E-state index contributed by atoms with van der Waals surface area (Å²) in [5.74, 6) is 1.49. The first-order valence-electron chi connectivity index (χ1n) is 19.0. The van der Waals surface area contributed by atoms with Crippen molar-refractivity contribution in [2.45, 2.75) is 0 Å². The second-order valence-corrected chi connectivity index (χ2v) is 14.2. The van der Waals surface area contributed by atoms with Crippen molar-refractivity contribution in [3.05, 3.63) is 206 Å². The fourth-order valence-corrected chi connectivity index (χ4v) is 8.34. The molecule has 11 rings (SSSR count). The van der Waals surface area contributed by atoms with Gasteiger partial charge in [-0.2, -0.15) is 0 Å². The molecule has 3 aromatic heterocycles. The van der Waals surface area contributed by atoms with Gasteiger partial charge < -0.3 is 4.57 Å². The molecule has 3 heterocycles. The lowest BCUT2D eigenvalue weighted by atomic mass is 10.0. The molecule has 0 saturated carbocycles. The number of rotatable bonds is 6. The number of hydrogen-bond donors (Lipinski definition) is 0. The van der Waals surface area contributed by atoms with Gasteiger partial charge >= 0.3 is 0 Å². The SMILES string of the molecule is c1ccc(-c2ccc(-c3cc(-n4c5ccccc5c5ccc6c7ccccc7n(-c7cccc(-c8ccccc8)c7)c6c54)nc(-c4ccccc4)n3)cc2)cc1. The zero-order chi connectivity index (χ0) is 37.0. The Balaban J connectivity index is 1.22.